The smallest absolute Gasteiger partial charge is 0.267 e. The molecule has 134 valence electrons. The fourth-order valence-electron chi connectivity index (χ4n) is 2.40. The molecule has 1 aromatic carbocycles. The minimum atomic E-state index is -0.220. The largest absolute Gasteiger partial charge is 0.459 e. The first-order valence-electron chi connectivity index (χ1n) is 8.05. The van der Waals surface area contributed by atoms with E-state index in [2.05, 4.69) is 10.3 Å². The summed E-state index contributed by atoms with van der Waals surface area (Å²) in [6.07, 6.45) is 0. The Morgan fingerprint density at radius 2 is 1.81 bits per heavy atom. The molecule has 2 aromatic heterocycles. The number of thiazole rings is 1. The van der Waals surface area contributed by atoms with E-state index < -0.39 is 0 Å². The standard InChI is InChI=1S/C19H19N3O3S/c1-11-5-10-16(25-11)19-20-12(2)17(26-19)18(24)21-14-6-8-15(9-7-14)22(4)13(3)23/h5-10H,1-4H3,(H,21,24). The number of aromatic nitrogens is 1. The van der Waals surface area contributed by atoms with Gasteiger partial charge in [-0.2, -0.15) is 0 Å². The normalized spacial score (nSPS) is 10.6. The molecule has 0 radical (unpaired) electrons. The van der Waals surface area contributed by atoms with Gasteiger partial charge in [-0.3, -0.25) is 9.59 Å². The van der Waals surface area contributed by atoms with Crippen LogP contribution in [0.3, 0.4) is 0 Å². The van der Waals surface area contributed by atoms with Gasteiger partial charge in [0.05, 0.1) is 5.69 Å². The Bertz CT molecular complexity index is 957. The van der Waals surface area contributed by atoms with Crippen molar-refractivity contribution in [3.05, 3.63) is 52.7 Å². The van der Waals surface area contributed by atoms with Gasteiger partial charge >= 0.3 is 0 Å². The molecule has 3 rings (SSSR count). The second-order valence-electron chi connectivity index (χ2n) is 5.92. The summed E-state index contributed by atoms with van der Waals surface area (Å²) in [6, 6.07) is 10.8. The first kappa shape index (κ1) is 17.9. The summed E-state index contributed by atoms with van der Waals surface area (Å²) in [5, 5.41) is 3.54. The zero-order valence-electron chi connectivity index (χ0n) is 15.0. The van der Waals surface area contributed by atoms with Crippen molar-refractivity contribution in [1.82, 2.24) is 4.98 Å². The number of hydrogen-bond donors (Lipinski definition) is 1. The maximum Gasteiger partial charge on any atom is 0.267 e. The van der Waals surface area contributed by atoms with Crippen LogP contribution in [0, 0.1) is 13.8 Å². The highest BCUT2D eigenvalue weighted by atomic mass is 32.1. The molecule has 0 spiro atoms. The summed E-state index contributed by atoms with van der Waals surface area (Å²) in [5.74, 6) is 1.19. The van der Waals surface area contributed by atoms with Crippen LogP contribution in [0.15, 0.2) is 40.8 Å². The van der Waals surface area contributed by atoms with Gasteiger partial charge in [0, 0.05) is 25.3 Å². The Hall–Kier alpha value is -2.93. The summed E-state index contributed by atoms with van der Waals surface area (Å²) >= 11 is 1.30. The van der Waals surface area contributed by atoms with Crippen LogP contribution in [0.25, 0.3) is 10.8 Å². The molecule has 0 fully saturated rings. The van der Waals surface area contributed by atoms with Gasteiger partial charge in [0.25, 0.3) is 5.91 Å². The number of carbonyl (C=O) groups is 2. The highest BCUT2D eigenvalue weighted by Gasteiger charge is 2.18. The Morgan fingerprint density at radius 3 is 2.38 bits per heavy atom. The highest BCUT2D eigenvalue weighted by molar-refractivity contribution is 7.17. The van der Waals surface area contributed by atoms with Gasteiger partial charge in [0.15, 0.2) is 10.8 Å². The molecule has 0 aliphatic rings. The van der Waals surface area contributed by atoms with Gasteiger partial charge in [0.1, 0.15) is 10.6 Å². The van der Waals surface area contributed by atoms with Crippen LogP contribution < -0.4 is 10.2 Å². The molecule has 0 aliphatic carbocycles. The van der Waals surface area contributed by atoms with E-state index in [4.69, 9.17) is 4.42 Å². The van der Waals surface area contributed by atoms with Gasteiger partial charge in [-0.15, -0.1) is 11.3 Å². The van der Waals surface area contributed by atoms with Gasteiger partial charge in [-0.05, 0) is 50.2 Å². The number of carbonyl (C=O) groups excluding carboxylic acids is 2. The summed E-state index contributed by atoms with van der Waals surface area (Å²) in [4.78, 5) is 30.5. The number of amides is 2. The second-order valence-corrected chi connectivity index (χ2v) is 6.92. The first-order chi connectivity index (χ1) is 12.3. The van der Waals surface area contributed by atoms with Crippen molar-refractivity contribution < 1.29 is 14.0 Å². The molecule has 0 aliphatic heterocycles. The second kappa shape index (κ2) is 7.13. The van der Waals surface area contributed by atoms with Crippen LogP contribution in [0.5, 0.6) is 0 Å². The van der Waals surface area contributed by atoms with Crippen molar-refractivity contribution in [3.63, 3.8) is 0 Å². The quantitative estimate of drug-likeness (QED) is 0.746. The highest BCUT2D eigenvalue weighted by Crippen LogP contribution is 2.30. The average Bonchev–Trinajstić information content (AvgIpc) is 3.20. The topological polar surface area (TPSA) is 75.4 Å². The van der Waals surface area contributed by atoms with Crippen molar-refractivity contribution in [2.45, 2.75) is 20.8 Å². The van der Waals surface area contributed by atoms with E-state index in [0.717, 1.165) is 11.4 Å². The first-order valence-corrected chi connectivity index (χ1v) is 8.86. The predicted octanol–water partition coefficient (Wildman–Crippen LogP) is 4.25. The lowest BCUT2D eigenvalue weighted by molar-refractivity contribution is -0.116. The zero-order valence-corrected chi connectivity index (χ0v) is 15.8. The number of anilines is 2. The van der Waals surface area contributed by atoms with Crippen LogP contribution in [0.1, 0.15) is 28.0 Å². The minimum Gasteiger partial charge on any atom is -0.459 e. The lowest BCUT2D eigenvalue weighted by Crippen LogP contribution is -2.22. The molecule has 26 heavy (non-hydrogen) atoms. The SMILES string of the molecule is CC(=O)N(C)c1ccc(NC(=O)c2sc(-c3ccc(C)o3)nc2C)cc1. The molecule has 0 saturated heterocycles. The third-order valence-corrected chi connectivity index (χ3v) is 5.11. The molecule has 7 heteroatoms. The summed E-state index contributed by atoms with van der Waals surface area (Å²) < 4.78 is 5.57. The molecule has 0 unspecified atom stereocenters. The fourth-order valence-corrected chi connectivity index (χ4v) is 3.32. The van der Waals surface area contributed by atoms with Crippen LogP contribution in [-0.2, 0) is 4.79 Å². The number of hydrogen-bond acceptors (Lipinski definition) is 5. The van der Waals surface area contributed by atoms with Gasteiger partial charge in [0.2, 0.25) is 5.91 Å². The van der Waals surface area contributed by atoms with Crippen LogP contribution in [0.4, 0.5) is 11.4 Å². The van der Waals surface area contributed by atoms with E-state index in [0.29, 0.717) is 27.0 Å². The van der Waals surface area contributed by atoms with Crippen LogP contribution in [-0.4, -0.2) is 23.8 Å². The van der Waals surface area contributed by atoms with Crippen molar-refractivity contribution in [2.24, 2.45) is 0 Å². The maximum atomic E-state index is 12.6. The lowest BCUT2D eigenvalue weighted by Gasteiger charge is -2.15. The monoisotopic (exact) mass is 369 g/mol. The van der Waals surface area contributed by atoms with E-state index in [1.807, 2.05) is 19.1 Å². The summed E-state index contributed by atoms with van der Waals surface area (Å²) in [5.41, 5.74) is 2.07. The molecule has 0 atom stereocenters. The Labute approximate surface area is 155 Å². The molecule has 6 nitrogen and oxygen atoms in total. The Kier molecular flexibility index (Phi) is 4.90. The fraction of sp³-hybridized carbons (Fsp3) is 0.211. The van der Waals surface area contributed by atoms with Gasteiger partial charge in [-0.25, -0.2) is 4.98 Å². The van der Waals surface area contributed by atoms with E-state index in [-0.39, 0.29) is 11.8 Å². The molecule has 0 bridgehead atoms. The van der Waals surface area contributed by atoms with Crippen molar-refractivity contribution in [3.8, 4) is 10.8 Å². The van der Waals surface area contributed by atoms with E-state index in [1.165, 1.54) is 23.2 Å². The zero-order chi connectivity index (χ0) is 18.8. The number of aryl methyl sites for hydroxylation is 2. The molecule has 3 aromatic rings. The molecule has 0 saturated carbocycles. The summed E-state index contributed by atoms with van der Waals surface area (Å²) in [6.45, 7) is 5.17. The maximum absolute atomic E-state index is 12.6. The van der Waals surface area contributed by atoms with E-state index in [9.17, 15) is 9.59 Å². The molecular weight excluding hydrogens is 350 g/mol. The molecule has 2 heterocycles. The van der Waals surface area contributed by atoms with Crippen LogP contribution in [0.2, 0.25) is 0 Å². The molecular formula is C19H19N3O3S. The van der Waals surface area contributed by atoms with Crippen molar-refractivity contribution >= 4 is 34.5 Å². The number of nitrogens with zero attached hydrogens (tertiary/aromatic N) is 2. The van der Waals surface area contributed by atoms with Crippen molar-refractivity contribution in [1.29, 1.82) is 0 Å². The number of nitrogens with one attached hydrogen (secondary N) is 1. The number of benzene rings is 1. The van der Waals surface area contributed by atoms with E-state index >= 15 is 0 Å². The summed E-state index contributed by atoms with van der Waals surface area (Å²) in [7, 11) is 1.70. The minimum absolute atomic E-state index is 0.0530. The van der Waals surface area contributed by atoms with E-state index in [1.54, 1.807) is 38.2 Å². The third kappa shape index (κ3) is 3.67. The van der Waals surface area contributed by atoms with Gasteiger partial charge < -0.3 is 14.6 Å². The average molecular weight is 369 g/mol. The molecule has 1 N–H and O–H groups in total. The predicted molar refractivity (Wildman–Crippen MR) is 103 cm³/mol. The van der Waals surface area contributed by atoms with Crippen molar-refractivity contribution in [2.75, 3.05) is 17.3 Å². The Morgan fingerprint density at radius 1 is 1.12 bits per heavy atom. The number of rotatable bonds is 4. The number of furan rings is 1. The van der Waals surface area contributed by atoms with Gasteiger partial charge in [-0.1, -0.05) is 0 Å². The van der Waals surface area contributed by atoms with Crippen LogP contribution >= 0.6 is 11.3 Å². The third-order valence-electron chi connectivity index (χ3n) is 3.94. The molecule has 2 amide bonds. The Balaban J connectivity index is 1.76. The lowest BCUT2D eigenvalue weighted by atomic mass is 10.2.